The lowest BCUT2D eigenvalue weighted by molar-refractivity contribution is -0.148. The Hall–Kier alpha value is -1.66. The zero-order valence-corrected chi connectivity index (χ0v) is 14.5. The number of hydrogen-bond donors (Lipinski definition) is 0. The number of aryl methyl sites for hydroxylation is 1. The van der Waals surface area contributed by atoms with Gasteiger partial charge in [-0.25, -0.2) is 9.78 Å². The first kappa shape index (κ1) is 16.2. The summed E-state index contributed by atoms with van der Waals surface area (Å²) in [5.74, 6) is 0.937. The number of piperidine rings is 1. The lowest BCUT2D eigenvalue weighted by atomic mass is 10.0. The molecule has 2 aromatic rings. The van der Waals surface area contributed by atoms with Gasteiger partial charge >= 0.3 is 5.97 Å². The highest BCUT2D eigenvalue weighted by molar-refractivity contribution is 7.08. The van der Waals surface area contributed by atoms with Gasteiger partial charge in [0.2, 0.25) is 0 Å². The Morgan fingerprint density at radius 1 is 1.57 bits per heavy atom. The van der Waals surface area contributed by atoms with Crippen LogP contribution in [0.1, 0.15) is 43.2 Å². The number of nitrogens with zero attached hydrogens (tertiary/aromatic N) is 3. The van der Waals surface area contributed by atoms with E-state index in [4.69, 9.17) is 4.74 Å². The minimum absolute atomic E-state index is 0.176. The van der Waals surface area contributed by atoms with Crippen molar-refractivity contribution in [3.8, 4) is 0 Å². The third kappa shape index (κ3) is 3.33. The van der Waals surface area contributed by atoms with Crippen molar-refractivity contribution in [2.45, 2.75) is 38.3 Å². The third-order valence-corrected chi connectivity index (χ3v) is 5.24. The van der Waals surface area contributed by atoms with Crippen LogP contribution in [0.5, 0.6) is 0 Å². The molecule has 124 valence electrons. The lowest BCUT2D eigenvalue weighted by Crippen LogP contribution is -2.42. The second-order valence-corrected chi connectivity index (χ2v) is 6.66. The second-order valence-electron chi connectivity index (χ2n) is 5.88. The van der Waals surface area contributed by atoms with E-state index in [9.17, 15) is 4.79 Å². The van der Waals surface area contributed by atoms with Gasteiger partial charge in [-0.15, -0.1) is 0 Å². The number of esters is 1. The molecule has 0 amide bonds. The van der Waals surface area contributed by atoms with E-state index >= 15 is 0 Å². The first-order valence-electron chi connectivity index (χ1n) is 8.10. The minimum Gasteiger partial charge on any atom is -0.468 e. The van der Waals surface area contributed by atoms with Gasteiger partial charge in [-0.1, -0.05) is 6.92 Å². The molecule has 1 aliphatic heterocycles. The van der Waals surface area contributed by atoms with E-state index in [1.165, 1.54) is 7.11 Å². The van der Waals surface area contributed by atoms with Gasteiger partial charge in [-0.05, 0) is 41.8 Å². The molecule has 6 heteroatoms. The quantitative estimate of drug-likeness (QED) is 0.789. The van der Waals surface area contributed by atoms with E-state index in [0.717, 1.165) is 43.7 Å². The fraction of sp³-hybridized carbons (Fsp3) is 0.529. The molecule has 0 aliphatic carbocycles. The van der Waals surface area contributed by atoms with Crippen LogP contribution in [0.15, 0.2) is 29.2 Å². The lowest BCUT2D eigenvalue weighted by Gasteiger charge is -2.37. The summed E-state index contributed by atoms with van der Waals surface area (Å²) in [5, 5.41) is 4.05. The minimum atomic E-state index is -0.303. The van der Waals surface area contributed by atoms with Crippen molar-refractivity contribution in [2.24, 2.45) is 0 Å². The second kappa shape index (κ2) is 7.27. The van der Waals surface area contributed by atoms with E-state index in [1.54, 1.807) is 11.3 Å². The summed E-state index contributed by atoms with van der Waals surface area (Å²) in [6.45, 7) is 3.89. The van der Waals surface area contributed by atoms with Crippen molar-refractivity contribution in [1.29, 1.82) is 0 Å². The van der Waals surface area contributed by atoms with Crippen LogP contribution < -0.4 is 0 Å². The summed E-state index contributed by atoms with van der Waals surface area (Å²) in [4.78, 5) is 19.0. The molecule has 0 radical (unpaired) electrons. The number of carbonyl (C=O) groups is 1. The SMILES string of the molecule is CCc1nccn1[C@H]1CCCN([C@@H](C(=O)OC)c2ccsc2)C1. The predicted molar refractivity (Wildman–Crippen MR) is 90.5 cm³/mol. The van der Waals surface area contributed by atoms with Crippen LogP contribution in [0.4, 0.5) is 0 Å². The largest absolute Gasteiger partial charge is 0.468 e. The van der Waals surface area contributed by atoms with E-state index in [-0.39, 0.29) is 12.0 Å². The first-order chi connectivity index (χ1) is 11.2. The standard InChI is InChI=1S/C17H23N3O2S/c1-3-15-18-7-9-20(15)14-5-4-8-19(11-14)16(17(21)22-2)13-6-10-23-12-13/h6-7,9-10,12,14,16H,3-5,8,11H2,1-2H3/t14-,16+/m0/s1. The molecule has 0 N–H and O–H groups in total. The molecule has 3 rings (SSSR count). The summed E-state index contributed by atoms with van der Waals surface area (Å²) in [6, 6.07) is 2.08. The van der Waals surface area contributed by atoms with Crippen molar-refractivity contribution < 1.29 is 9.53 Å². The molecule has 0 spiro atoms. The summed E-state index contributed by atoms with van der Waals surface area (Å²) >= 11 is 1.61. The number of ether oxygens (including phenoxy) is 1. The first-order valence-corrected chi connectivity index (χ1v) is 9.04. The molecule has 0 unspecified atom stereocenters. The molecule has 3 heterocycles. The molecular formula is C17H23N3O2S. The Balaban J connectivity index is 1.82. The molecule has 5 nitrogen and oxygen atoms in total. The molecule has 1 fully saturated rings. The van der Waals surface area contributed by atoms with Gasteiger partial charge in [-0.2, -0.15) is 11.3 Å². The van der Waals surface area contributed by atoms with E-state index < -0.39 is 0 Å². The Kier molecular flexibility index (Phi) is 5.13. The topological polar surface area (TPSA) is 47.4 Å². The Labute approximate surface area is 140 Å². The highest BCUT2D eigenvalue weighted by Crippen LogP contribution is 2.31. The van der Waals surface area contributed by atoms with E-state index in [1.807, 2.05) is 23.0 Å². The van der Waals surface area contributed by atoms with Gasteiger partial charge < -0.3 is 9.30 Å². The highest BCUT2D eigenvalue weighted by Gasteiger charge is 2.33. The molecule has 2 atom stereocenters. The normalized spacial score (nSPS) is 20.3. The van der Waals surface area contributed by atoms with Crippen molar-refractivity contribution in [3.05, 3.63) is 40.6 Å². The smallest absolute Gasteiger partial charge is 0.327 e. The summed E-state index contributed by atoms with van der Waals surface area (Å²) < 4.78 is 7.34. The van der Waals surface area contributed by atoms with Gasteiger partial charge in [-0.3, -0.25) is 4.90 Å². The van der Waals surface area contributed by atoms with Crippen molar-refractivity contribution in [1.82, 2.24) is 14.5 Å². The van der Waals surface area contributed by atoms with Crippen LogP contribution in [0.2, 0.25) is 0 Å². The van der Waals surface area contributed by atoms with Gasteiger partial charge in [0.25, 0.3) is 0 Å². The number of thiophene rings is 1. The maximum Gasteiger partial charge on any atom is 0.327 e. The number of hydrogen-bond acceptors (Lipinski definition) is 5. The van der Waals surface area contributed by atoms with Crippen molar-refractivity contribution in [2.75, 3.05) is 20.2 Å². The number of aromatic nitrogens is 2. The Bertz CT molecular complexity index is 638. The van der Waals surface area contributed by atoms with Gasteiger partial charge in [0.15, 0.2) is 0 Å². The molecule has 23 heavy (non-hydrogen) atoms. The molecule has 1 aliphatic rings. The maximum atomic E-state index is 12.3. The van der Waals surface area contributed by atoms with Crippen LogP contribution in [-0.2, 0) is 16.0 Å². The Morgan fingerprint density at radius 3 is 3.13 bits per heavy atom. The van der Waals surface area contributed by atoms with Crippen LogP contribution in [0.3, 0.4) is 0 Å². The van der Waals surface area contributed by atoms with Crippen LogP contribution >= 0.6 is 11.3 Å². The zero-order valence-electron chi connectivity index (χ0n) is 13.6. The fourth-order valence-corrected chi connectivity index (χ4v) is 4.11. The molecule has 0 saturated carbocycles. The molecule has 1 saturated heterocycles. The van der Waals surface area contributed by atoms with Gasteiger partial charge in [0.05, 0.1) is 7.11 Å². The molecule has 0 bridgehead atoms. The van der Waals surface area contributed by atoms with Crippen LogP contribution in [0.25, 0.3) is 0 Å². The van der Waals surface area contributed by atoms with E-state index in [2.05, 4.69) is 27.6 Å². The highest BCUT2D eigenvalue weighted by atomic mass is 32.1. The summed E-state index contributed by atoms with van der Waals surface area (Å²) in [6.07, 6.45) is 7.05. The van der Waals surface area contributed by atoms with Gasteiger partial charge in [0, 0.05) is 31.4 Å². The number of imidazole rings is 1. The summed E-state index contributed by atoms with van der Waals surface area (Å²) in [5.41, 5.74) is 1.03. The number of rotatable bonds is 5. The van der Waals surface area contributed by atoms with Crippen LogP contribution in [0, 0.1) is 0 Å². The van der Waals surface area contributed by atoms with E-state index in [0.29, 0.717) is 6.04 Å². The van der Waals surface area contributed by atoms with Gasteiger partial charge in [0.1, 0.15) is 11.9 Å². The average molecular weight is 333 g/mol. The van der Waals surface area contributed by atoms with Crippen molar-refractivity contribution in [3.63, 3.8) is 0 Å². The summed E-state index contributed by atoms with van der Waals surface area (Å²) in [7, 11) is 1.47. The number of methoxy groups -OCH3 is 1. The Morgan fingerprint density at radius 2 is 2.43 bits per heavy atom. The monoisotopic (exact) mass is 333 g/mol. The van der Waals surface area contributed by atoms with Crippen LogP contribution in [-0.4, -0.2) is 40.6 Å². The third-order valence-electron chi connectivity index (χ3n) is 4.53. The number of carbonyl (C=O) groups excluding carboxylic acids is 1. The number of likely N-dealkylation sites (tertiary alicyclic amines) is 1. The molecular weight excluding hydrogens is 310 g/mol. The maximum absolute atomic E-state index is 12.3. The predicted octanol–water partition coefficient (Wildman–Crippen LogP) is 3.06. The fourth-order valence-electron chi connectivity index (χ4n) is 3.43. The molecule has 2 aromatic heterocycles. The van der Waals surface area contributed by atoms with Crippen molar-refractivity contribution >= 4 is 17.3 Å². The zero-order chi connectivity index (χ0) is 16.2. The average Bonchev–Trinajstić information content (AvgIpc) is 3.26. The molecule has 0 aromatic carbocycles.